The van der Waals surface area contributed by atoms with Crippen molar-refractivity contribution < 1.29 is 19.1 Å². The molecule has 0 radical (unpaired) electrons. The van der Waals surface area contributed by atoms with Crippen LogP contribution in [0.1, 0.15) is 12.8 Å². The number of nitrogens with one attached hydrogen (secondary N) is 2. The lowest BCUT2D eigenvalue weighted by molar-refractivity contribution is -0.132. The van der Waals surface area contributed by atoms with Gasteiger partial charge in [-0.2, -0.15) is 0 Å². The Morgan fingerprint density at radius 2 is 1.74 bits per heavy atom. The van der Waals surface area contributed by atoms with Gasteiger partial charge in [0.25, 0.3) is 0 Å². The van der Waals surface area contributed by atoms with Crippen molar-refractivity contribution in [1.29, 1.82) is 0 Å². The Hall–Kier alpha value is -3.22. The summed E-state index contributed by atoms with van der Waals surface area (Å²) in [6.45, 7) is 0.506. The van der Waals surface area contributed by atoms with Gasteiger partial charge in [0.05, 0.1) is 12.8 Å². The van der Waals surface area contributed by atoms with Crippen LogP contribution in [0.25, 0.3) is 0 Å². The van der Waals surface area contributed by atoms with E-state index in [1.165, 1.54) is 0 Å². The Morgan fingerprint density at radius 3 is 2.44 bits per heavy atom. The smallest absolute Gasteiger partial charge is 0.319 e. The molecule has 0 bridgehead atoms. The normalized spacial score (nSPS) is 16.6. The second kappa shape index (κ2) is 8.44. The maximum Gasteiger partial charge on any atom is 0.319 e. The molecule has 142 valence electrons. The van der Waals surface area contributed by atoms with Crippen molar-refractivity contribution in [2.75, 3.05) is 26.0 Å². The van der Waals surface area contributed by atoms with Crippen LogP contribution in [0.2, 0.25) is 0 Å². The summed E-state index contributed by atoms with van der Waals surface area (Å²) in [7, 11) is 3.32. The Labute approximate surface area is 158 Å². The van der Waals surface area contributed by atoms with E-state index in [0.717, 1.165) is 0 Å². The molecule has 1 saturated heterocycles. The van der Waals surface area contributed by atoms with E-state index in [9.17, 15) is 9.59 Å². The number of carbonyl (C=O) groups excluding carboxylic acids is 2. The van der Waals surface area contributed by atoms with Crippen LogP contribution in [0.4, 0.5) is 10.5 Å². The summed E-state index contributed by atoms with van der Waals surface area (Å²) in [6.07, 6.45) is 1.07. The van der Waals surface area contributed by atoms with Crippen molar-refractivity contribution in [3.63, 3.8) is 0 Å². The van der Waals surface area contributed by atoms with Gasteiger partial charge in [-0.3, -0.25) is 4.79 Å². The Bertz CT molecular complexity index is 824. The number of hydrogen-bond acceptors (Lipinski definition) is 4. The number of hydrogen-bond donors (Lipinski definition) is 2. The van der Waals surface area contributed by atoms with E-state index in [1.807, 2.05) is 24.3 Å². The maximum absolute atomic E-state index is 12.4. The number of methoxy groups -OCH3 is 1. The molecule has 0 aliphatic carbocycles. The molecule has 0 saturated carbocycles. The Kier molecular flexibility index (Phi) is 5.80. The van der Waals surface area contributed by atoms with Gasteiger partial charge >= 0.3 is 6.03 Å². The molecule has 1 unspecified atom stereocenters. The van der Waals surface area contributed by atoms with Crippen LogP contribution >= 0.6 is 0 Å². The molecule has 0 aromatic heterocycles. The van der Waals surface area contributed by atoms with Gasteiger partial charge in [-0.05, 0) is 30.7 Å². The van der Waals surface area contributed by atoms with Crippen LogP contribution in [0.5, 0.6) is 17.2 Å². The number of piperidine rings is 1. The molecule has 1 aliphatic heterocycles. The first-order valence-electron chi connectivity index (χ1n) is 8.78. The maximum atomic E-state index is 12.4. The lowest BCUT2D eigenvalue weighted by atomic mass is 10.1. The topological polar surface area (TPSA) is 79.9 Å². The van der Waals surface area contributed by atoms with Crippen LogP contribution in [-0.4, -0.2) is 43.6 Å². The first kappa shape index (κ1) is 18.6. The Morgan fingerprint density at radius 1 is 1.07 bits per heavy atom. The molecular formula is C20H23N3O4. The van der Waals surface area contributed by atoms with Crippen LogP contribution < -0.4 is 20.1 Å². The Balaban J connectivity index is 1.67. The molecule has 0 spiro atoms. The van der Waals surface area contributed by atoms with Gasteiger partial charge in [-0.25, -0.2) is 4.79 Å². The van der Waals surface area contributed by atoms with Crippen molar-refractivity contribution in [2.24, 2.45) is 0 Å². The number of likely N-dealkylation sites (N-methyl/N-ethyl adjacent to an activating group) is 1. The average molecular weight is 369 g/mol. The molecule has 7 nitrogen and oxygen atoms in total. The van der Waals surface area contributed by atoms with Gasteiger partial charge in [0, 0.05) is 26.1 Å². The predicted molar refractivity (Wildman–Crippen MR) is 102 cm³/mol. The quantitative estimate of drug-likeness (QED) is 0.848. The fourth-order valence-corrected chi connectivity index (χ4v) is 2.95. The van der Waals surface area contributed by atoms with Crippen molar-refractivity contribution in [3.05, 3.63) is 48.5 Å². The number of amides is 3. The molecule has 7 heteroatoms. The van der Waals surface area contributed by atoms with E-state index < -0.39 is 0 Å². The summed E-state index contributed by atoms with van der Waals surface area (Å²) in [6, 6.07) is 14.1. The van der Waals surface area contributed by atoms with Gasteiger partial charge in [0.2, 0.25) is 5.91 Å². The summed E-state index contributed by atoms with van der Waals surface area (Å²) < 4.78 is 11.2. The van der Waals surface area contributed by atoms with Crippen molar-refractivity contribution in [1.82, 2.24) is 10.2 Å². The third-order valence-electron chi connectivity index (χ3n) is 4.39. The highest BCUT2D eigenvalue weighted by molar-refractivity contribution is 5.91. The number of para-hydroxylation sites is 4. The number of ether oxygens (including phenoxy) is 2. The lowest BCUT2D eigenvalue weighted by Crippen LogP contribution is -2.49. The van der Waals surface area contributed by atoms with Gasteiger partial charge in [-0.1, -0.05) is 24.3 Å². The molecule has 3 amide bonds. The van der Waals surface area contributed by atoms with Crippen molar-refractivity contribution in [3.8, 4) is 17.2 Å². The van der Waals surface area contributed by atoms with Crippen LogP contribution in [0, 0.1) is 0 Å². The number of likely N-dealkylation sites (tertiary alicyclic amines) is 1. The molecular weight excluding hydrogens is 346 g/mol. The number of anilines is 1. The minimum atomic E-state index is -0.334. The third kappa shape index (κ3) is 4.69. The number of urea groups is 1. The van der Waals surface area contributed by atoms with E-state index in [2.05, 4.69) is 10.6 Å². The second-order valence-corrected chi connectivity index (χ2v) is 6.36. The highest BCUT2D eigenvalue weighted by atomic mass is 16.5. The largest absolute Gasteiger partial charge is 0.493 e. The van der Waals surface area contributed by atoms with Gasteiger partial charge in [0.1, 0.15) is 0 Å². The lowest BCUT2D eigenvalue weighted by Gasteiger charge is -2.30. The summed E-state index contributed by atoms with van der Waals surface area (Å²) in [5, 5.41) is 5.73. The van der Waals surface area contributed by atoms with E-state index in [1.54, 1.807) is 43.3 Å². The zero-order valence-corrected chi connectivity index (χ0v) is 15.4. The van der Waals surface area contributed by atoms with Crippen LogP contribution in [0.3, 0.4) is 0 Å². The zero-order valence-electron chi connectivity index (χ0n) is 15.4. The van der Waals surface area contributed by atoms with Gasteiger partial charge in [-0.15, -0.1) is 0 Å². The van der Waals surface area contributed by atoms with Crippen molar-refractivity contribution >= 4 is 17.6 Å². The fraction of sp³-hybridized carbons (Fsp3) is 0.300. The molecule has 1 atom stereocenters. The predicted octanol–water partition coefficient (Wildman–Crippen LogP) is 3.23. The molecule has 3 rings (SSSR count). The average Bonchev–Trinajstić information content (AvgIpc) is 2.67. The van der Waals surface area contributed by atoms with E-state index in [4.69, 9.17) is 9.47 Å². The number of carbonyl (C=O) groups is 2. The third-order valence-corrected chi connectivity index (χ3v) is 4.39. The highest BCUT2D eigenvalue weighted by Gasteiger charge is 2.24. The summed E-state index contributed by atoms with van der Waals surface area (Å²) in [4.78, 5) is 25.6. The van der Waals surface area contributed by atoms with Crippen LogP contribution in [0.15, 0.2) is 48.5 Å². The second-order valence-electron chi connectivity index (χ2n) is 6.36. The van der Waals surface area contributed by atoms with E-state index >= 15 is 0 Å². The molecule has 2 aromatic carbocycles. The van der Waals surface area contributed by atoms with Crippen molar-refractivity contribution in [2.45, 2.75) is 18.9 Å². The highest BCUT2D eigenvalue weighted by Crippen LogP contribution is 2.34. The molecule has 1 heterocycles. The standard InChI is InChI=1S/C20H23N3O4/c1-23-13-14(11-12-19(23)24)21-20(25)22-15-7-3-4-8-16(15)27-18-10-6-5-9-17(18)26-2/h3-10,14H,11-13H2,1-2H3,(H2,21,22,25). The molecule has 1 aliphatic rings. The minimum Gasteiger partial charge on any atom is -0.493 e. The number of benzene rings is 2. The number of rotatable bonds is 5. The van der Waals surface area contributed by atoms with Gasteiger partial charge < -0.3 is 25.0 Å². The van der Waals surface area contributed by atoms with E-state index in [-0.39, 0.29) is 18.0 Å². The minimum absolute atomic E-state index is 0.0741. The summed E-state index contributed by atoms with van der Waals surface area (Å²) in [5.41, 5.74) is 0.543. The molecule has 27 heavy (non-hydrogen) atoms. The molecule has 2 aromatic rings. The first-order chi connectivity index (χ1) is 13.1. The molecule has 1 fully saturated rings. The van der Waals surface area contributed by atoms with Crippen LogP contribution in [-0.2, 0) is 4.79 Å². The zero-order chi connectivity index (χ0) is 19.2. The first-order valence-corrected chi connectivity index (χ1v) is 8.78. The fourth-order valence-electron chi connectivity index (χ4n) is 2.95. The number of nitrogens with zero attached hydrogens (tertiary/aromatic N) is 1. The SMILES string of the molecule is COc1ccccc1Oc1ccccc1NC(=O)NC1CCC(=O)N(C)C1. The van der Waals surface area contributed by atoms with E-state index in [0.29, 0.717) is 42.3 Å². The summed E-state index contributed by atoms with van der Waals surface area (Å²) >= 11 is 0. The summed E-state index contributed by atoms with van der Waals surface area (Å²) in [5.74, 6) is 1.77. The molecule has 2 N–H and O–H groups in total. The monoisotopic (exact) mass is 369 g/mol. The van der Waals surface area contributed by atoms with Gasteiger partial charge in [0.15, 0.2) is 17.2 Å².